The maximum Gasteiger partial charge on any atom is 0.120 e. The molecule has 21 heavy (non-hydrogen) atoms. The highest BCUT2D eigenvalue weighted by molar-refractivity contribution is 6.02. The standard InChI is InChI=1S/C16H22N2O3/c1-18-7-8-20-14(10-18)11-21-13-6-5-12-3-2-4-16(17-19)15(12)9-13/h5-6,9,14,19H,2-4,7-8,10-11H2,1H3/b17-16-. The first-order valence-corrected chi connectivity index (χ1v) is 7.53. The van der Waals surface area contributed by atoms with E-state index in [-0.39, 0.29) is 6.10 Å². The second-order valence-corrected chi connectivity index (χ2v) is 5.79. The first-order chi connectivity index (χ1) is 10.3. The molecule has 0 spiro atoms. The van der Waals surface area contributed by atoms with Crippen LogP contribution in [0.15, 0.2) is 23.4 Å². The van der Waals surface area contributed by atoms with Crippen LogP contribution in [0, 0.1) is 0 Å². The van der Waals surface area contributed by atoms with Gasteiger partial charge < -0.3 is 19.6 Å². The second kappa shape index (κ2) is 6.45. The van der Waals surface area contributed by atoms with Crippen molar-refractivity contribution < 1.29 is 14.7 Å². The summed E-state index contributed by atoms with van der Waals surface area (Å²) in [6, 6.07) is 6.05. The molecule has 5 heteroatoms. The Kier molecular flexibility index (Phi) is 4.41. The van der Waals surface area contributed by atoms with E-state index in [1.54, 1.807) is 0 Å². The third-order valence-corrected chi connectivity index (χ3v) is 4.15. The Balaban J connectivity index is 1.66. The Morgan fingerprint density at radius 3 is 3.14 bits per heavy atom. The van der Waals surface area contributed by atoms with Crippen LogP contribution in [-0.2, 0) is 11.2 Å². The predicted octanol–water partition coefficient (Wildman–Crippen LogP) is 1.91. The zero-order valence-corrected chi connectivity index (χ0v) is 12.4. The molecular weight excluding hydrogens is 268 g/mol. The van der Waals surface area contributed by atoms with Crippen molar-refractivity contribution in [3.63, 3.8) is 0 Å². The van der Waals surface area contributed by atoms with Crippen molar-refractivity contribution in [2.75, 3.05) is 33.4 Å². The van der Waals surface area contributed by atoms with Crippen LogP contribution in [0.4, 0.5) is 0 Å². The number of nitrogens with zero attached hydrogens (tertiary/aromatic N) is 2. The van der Waals surface area contributed by atoms with Crippen LogP contribution in [0.25, 0.3) is 0 Å². The number of rotatable bonds is 3. The van der Waals surface area contributed by atoms with Crippen LogP contribution in [0.1, 0.15) is 24.0 Å². The molecule has 0 radical (unpaired) electrons. The highest BCUT2D eigenvalue weighted by Crippen LogP contribution is 2.26. The van der Waals surface area contributed by atoms with Gasteiger partial charge in [-0.05, 0) is 44.0 Å². The first-order valence-electron chi connectivity index (χ1n) is 7.53. The van der Waals surface area contributed by atoms with E-state index in [0.29, 0.717) is 6.61 Å². The molecule has 0 saturated carbocycles. The summed E-state index contributed by atoms with van der Waals surface area (Å²) in [4.78, 5) is 2.25. The number of benzene rings is 1. The van der Waals surface area contributed by atoms with E-state index in [4.69, 9.17) is 14.7 Å². The van der Waals surface area contributed by atoms with Crippen molar-refractivity contribution in [3.8, 4) is 5.75 Å². The van der Waals surface area contributed by atoms with Crippen molar-refractivity contribution in [3.05, 3.63) is 29.3 Å². The number of hydrogen-bond acceptors (Lipinski definition) is 5. The number of fused-ring (bicyclic) bond motifs is 1. The van der Waals surface area contributed by atoms with Gasteiger partial charge in [-0.3, -0.25) is 0 Å². The molecule has 5 nitrogen and oxygen atoms in total. The smallest absolute Gasteiger partial charge is 0.120 e. The number of hydrogen-bond donors (Lipinski definition) is 1. The number of ether oxygens (including phenoxy) is 2. The average Bonchev–Trinajstić information content (AvgIpc) is 2.52. The summed E-state index contributed by atoms with van der Waals surface area (Å²) in [7, 11) is 2.10. The van der Waals surface area contributed by atoms with Gasteiger partial charge in [0.1, 0.15) is 18.5 Å². The molecule has 1 fully saturated rings. The minimum Gasteiger partial charge on any atom is -0.491 e. The molecular formula is C16H22N2O3. The van der Waals surface area contributed by atoms with E-state index in [0.717, 1.165) is 56.0 Å². The normalized spacial score (nSPS) is 24.8. The van der Waals surface area contributed by atoms with Gasteiger partial charge in [0.25, 0.3) is 0 Å². The zero-order chi connectivity index (χ0) is 14.7. The fraction of sp³-hybridized carbons (Fsp3) is 0.562. The molecule has 1 aromatic rings. The molecule has 1 atom stereocenters. The highest BCUT2D eigenvalue weighted by atomic mass is 16.5. The van der Waals surface area contributed by atoms with Gasteiger partial charge in [-0.25, -0.2) is 0 Å². The first kappa shape index (κ1) is 14.4. The Hall–Kier alpha value is -1.59. The highest BCUT2D eigenvalue weighted by Gasteiger charge is 2.20. The van der Waals surface area contributed by atoms with Gasteiger partial charge >= 0.3 is 0 Å². The van der Waals surface area contributed by atoms with Gasteiger partial charge in [0, 0.05) is 18.7 Å². The Labute approximate surface area is 125 Å². The Morgan fingerprint density at radius 1 is 1.43 bits per heavy atom. The fourth-order valence-corrected chi connectivity index (χ4v) is 2.97. The van der Waals surface area contributed by atoms with Crippen LogP contribution in [0.3, 0.4) is 0 Å². The lowest BCUT2D eigenvalue weighted by Gasteiger charge is -2.30. The van der Waals surface area contributed by atoms with Crippen molar-refractivity contribution in [2.24, 2.45) is 5.16 Å². The lowest BCUT2D eigenvalue weighted by Crippen LogP contribution is -2.42. The molecule has 1 aromatic carbocycles. The van der Waals surface area contributed by atoms with Crippen LogP contribution < -0.4 is 4.74 Å². The van der Waals surface area contributed by atoms with E-state index >= 15 is 0 Å². The third kappa shape index (κ3) is 3.36. The molecule has 114 valence electrons. The largest absolute Gasteiger partial charge is 0.491 e. The maximum absolute atomic E-state index is 9.11. The van der Waals surface area contributed by atoms with Gasteiger partial charge in [-0.15, -0.1) is 0 Å². The van der Waals surface area contributed by atoms with E-state index in [1.807, 2.05) is 12.1 Å². The molecule has 1 unspecified atom stereocenters. The molecule has 3 rings (SSSR count). The van der Waals surface area contributed by atoms with Crippen LogP contribution in [0.2, 0.25) is 0 Å². The average molecular weight is 290 g/mol. The summed E-state index contributed by atoms with van der Waals surface area (Å²) in [5.74, 6) is 0.814. The molecule has 1 heterocycles. The molecule has 2 aliphatic rings. The topological polar surface area (TPSA) is 54.3 Å². The van der Waals surface area contributed by atoms with Gasteiger partial charge in [-0.1, -0.05) is 11.2 Å². The maximum atomic E-state index is 9.11. The van der Waals surface area contributed by atoms with Crippen LogP contribution >= 0.6 is 0 Å². The third-order valence-electron chi connectivity index (χ3n) is 4.15. The lowest BCUT2D eigenvalue weighted by molar-refractivity contribution is -0.0403. The second-order valence-electron chi connectivity index (χ2n) is 5.79. The van der Waals surface area contributed by atoms with E-state index in [1.165, 1.54) is 5.56 Å². The minimum absolute atomic E-state index is 0.116. The van der Waals surface area contributed by atoms with Gasteiger partial charge in [0.2, 0.25) is 0 Å². The summed E-state index contributed by atoms with van der Waals surface area (Å²) >= 11 is 0. The number of oxime groups is 1. The van der Waals surface area contributed by atoms with Gasteiger partial charge in [0.15, 0.2) is 0 Å². The fourth-order valence-electron chi connectivity index (χ4n) is 2.97. The van der Waals surface area contributed by atoms with Gasteiger partial charge in [0.05, 0.1) is 12.3 Å². The zero-order valence-electron chi connectivity index (χ0n) is 12.4. The van der Waals surface area contributed by atoms with Crippen molar-refractivity contribution in [2.45, 2.75) is 25.4 Å². The van der Waals surface area contributed by atoms with Crippen molar-refractivity contribution in [1.29, 1.82) is 0 Å². The van der Waals surface area contributed by atoms with Crippen LogP contribution in [0.5, 0.6) is 5.75 Å². The molecule has 1 aliphatic heterocycles. The predicted molar refractivity (Wildman–Crippen MR) is 80.4 cm³/mol. The van der Waals surface area contributed by atoms with E-state index in [9.17, 15) is 0 Å². The SMILES string of the molecule is CN1CCOC(COc2ccc3c(c2)/C(=N\O)CCC3)C1. The molecule has 1 saturated heterocycles. The molecule has 1 aliphatic carbocycles. The summed E-state index contributed by atoms with van der Waals surface area (Å²) in [5.41, 5.74) is 3.01. The quantitative estimate of drug-likeness (QED) is 0.682. The van der Waals surface area contributed by atoms with Crippen molar-refractivity contribution >= 4 is 5.71 Å². The minimum atomic E-state index is 0.116. The molecule has 0 amide bonds. The summed E-state index contributed by atoms with van der Waals surface area (Å²) in [6.07, 6.45) is 3.01. The van der Waals surface area contributed by atoms with E-state index in [2.05, 4.69) is 23.2 Å². The monoisotopic (exact) mass is 290 g/mol. The van der Waals surface area contributed by atoms with Crippen LogP contribution in [-0.4, -0.2) is 55.3 Å². The number of likely N-dealkylation sites (N-methyl/N-ethyl adjacent to an activating group) is 1. The lowest BCUT2D eigenvalue weighted by atomic mass is 9.90. The molecule has 1 N–H and O–H groups in total. The Morgan fingerprint density at radius 2 is 2.33 bits per heavy atom. The van der Waals surface area contributed by atoms with Gasteiger partial charge in [-0.2, -0.15) is 0 Å². The summed E-state index contributed by atoms with van der Waals surface area (Å²) < 4.78 is 11.6. The summed E-state index contributed by atoms with van der Waals surface area (Å²) in [6.45, 7) is 3.19. The van der Waals surface area contributed by atoms with E-state index < -0.39 is 0 Å². The Bertz CT molecular complexity index is 530. The summed E-state index contributed by atoms with van der Waals surface area (Å²) in [5, 5.41) is 12.5. The number of aryl methyl sites for hydroxylation is 1. The molecule has 0 bridgehead atoms. The van der Waals surface area contributed by atoms with Crippen molar-refractivity contribution in [1.82, 2.24) is 4.90 Å². The molecule has 0 aromatic heterocycles. The number of morpholine rings is 1.